The van der Waals surface area contributed by atoms with Gasteiger partial charge >= 0.3 is 0 Å². The van der Waals surface area contributed by atoms with Gasteiger partial charge in [0.15, 0.2) is 0 Å². The lowest BCUT2D eigenvalue weighted by atomic mass is 10.1. The second-order valence-corrected chi connectivity index (χ2v) is 3.63. The highest BCUT2D eigenvalue weighted by atomic mass is 32.1. The molecule has 4 heteroatoms. The van der Waals surface area contributed by atoms with E-state index < -0.39 is 0 Å². The van der Waals surface area contributed by atoms with Gasteiger partial charge in [-0.15, -0.1) is 0 Å². The number of hydrogen-bond donors (Lipinski definition) is 1. The quantitative estimate of drug-likeness (QED) is 0.484. The summed E-state index contributed by atoms with van der Waals surface area (Å²) in [5.41, 5.74) is 1.53. The van der Waals surface area contributed by atoms with E-state index in [-0.39, 0.29) is 10.6 Å². The zero-order valence-corrected chi connectivity index (χ0v) is 9.41. The smallest absolute Gasteiger partial charge is 0.258 e. The molecule has 80 valence electrons. The molecule has 0 N–H and O–H groups in total. The predicted molar refractivity (Wildman–Crippen MR) is 65.3 cm³/mol. The molecule has 0 aromatic heterocycles. The Balaban J connectivity index is 3.06. The molecule has 0 aliphatic carbocycles. The lowest BCUT2D eigenvalue weighted by Gasteiger charge is -2.00. The minimum atomic E-state index is -0.338. The maximum Gasteiger partial charge on any atom is 0.279 e. The SMILES string of the molecule is Cc1cccc(C=CCCS)c1[N+](=O)[O-]. The molecule has 0 heterocycles. The molecule has 0 bridgehead atoms. The first kappa shape index (κ1) is 11.8. The minimum absolute atomic E-state index is 0.188. The Morgan fingerprint density at radius 1 is 1.53 bits per heavy atom. The van der Waals surface area contributed by atoms with Crippen molar-refractivity contribution in [3.8, 4) is 0 Å². The number of hydrogen-bond acceptors (Lipinski definition) is 3. The highest BCUT2D eigenvalue weighted by Gasteiger charge is 2.13. The van der Waals surface area contributed by atoms with Crippen LogP contribution in [0.2, 0.25) is 0 Å². The van der Waals surface area contributed by atoms with Gasteiger partial charge in [0.1, 0.15) is 0 Å². The van der Waals surface area contributed by atoms with E-state index in [1.165, 1.54) is 0 Å². The first-order chi connectivity index (χ1) is 7.16. The topological polar surface area (TPSA) is 43.1 Å². The van der Waals surface area contributed by atoms with E-state index in [0.29, 0.717) is 11.1 Å². The van der Waals surface area contributed by atoms with Crippen molar-refractivity contribution in [3.63, 3.8) is 0 Å². The van der Waals surface area contributed by atoms with Crippen molar-refractivity contribution >= 4 is 24.4 Å². The van der Waals surface area contributed by atoms with Crippen molar-refractivity contribution in [2.24, 2.45) is 0 Å². The molecule has 0 amide bonds. The van der Waals surface area contributed by atoms with E-state index in [1.807, 2.05) is 12.1 Å². The summed E-state index contributed by atoms with van der Waals surface area (Å²) >= 11 is 4.07. The van der Waals surface area contributed by atoms with Gasteiger partial charge in [-0.3, -0.25) is 10.1 Å². The third-order valence-corrected chi connectivity index (χ3v) is 2.30. The second-order valence-electron chi connectivity index (χ2n) is 3.18. The van der Waals surface area contributed by atoms with Gasteiger partial charge in [-0.25, -0.2) is 0 Å². The standard InChI is InChI=1S/C11H13NO2S/c1-9-5-4-7-10(6-2-3-8-15)11(9)12(13)14/h2,4-7,15H,3,8H2,1H3. The summed E-state index contributed by atoms with van der Waals surface area (Å²) in [5.74, 6) is 0.746. The Kier molecular flexibility index (Phi) is 4.37. The number of rotatable bonds is 4. The zero-order chi connectivity index (χ0) is 11.3. The highest BCUT2D eigenvalue weighted by Crippen LogP contribution is 2.24. The molecule has 1 aromatic rings. The van der Waals surface area contributed by atoms with E-state index in [9.17, 15) is 10.1 Å². The molecule has 0 fully saturated rings. The fourth-order valence-corrected chi connectivity index (χ4v) is 1.50. The molecule has 1 rings (SSSR count). The molecule has 0 saturated carbocycles. The molecular formula is C11H13NO2S. The van der Waals surface area contributed by atoms with Crippen LogP contribution >= 0.6 is 12.6 Å². The van der Waals surface area contributed by atoms with Crippen molar-refractivity contribution < 1.29 is 4.92 Å². The Morgan fingerprint density at radius 3 is 2.87 bits per heavy atom. The monoisotopic (exact) mass is 223 g/mol. The molecule has 15 heavy (non-hydrogen) atoms. The maximum atomic E-state index is 10.8. The molecular weight excluding hydrogens is 210 g/mol. The Hall–Kier alpha value is -1.29. The average Bonchev–Trinajstić information content (AvgIpc) is 2.17. The van der Waals surface area contributed by atoms with Crippen LogP contribution in [0.1, 0.15) is 17.5 Å². The van der Waals surface area contributed by atoms with Crippen molar-refractivity contribution in [2.45, 2.75) is 13.3 Å². The van der Waals surface area contributed by atoms with Gasteiger partial charge in [-0.1, -0.05) is 24.3 Å². The Bertz CT molecular complexity index is 388. The second kappa shape index (κ2) is 5.56. The molecule has 0 aliphatic heterocycles. The van der Waals surface area contributed by atoms with Crippen LogP contribution in [0.3, 0.4) is 0 Å². The van der Waals surface area contributed by atoms with Gasteiger partial charge in [-0.2, -0.15) is 12.6 Å². The van der Waals surface area contributed by atoms with Gasteiger partial charge in [0.05, 0.1) is 10.5 Å². The van der Waals surface area contributed by atoms with Crippen LogP contribution in [0.5, 0.6) is 0 Å². The van der Waals surface area contributed by atoms with Crippen LogP contribution in [0.15, 0.2) is 24.3 Å². The number of para-hydroxylation sites is 1. The number of allylic oxidation sites excluding steroid dienone is 1. The van der Waals surface area contributed by atoms with E-state index >= 15 is 0 Å². The van der Waals surface area contributed by atoms with Crippen LogP contribution in [0, 0.1) is 17.0 Å². The first-order valence-corrected chi connectivity index (χ1v) is 5.31. The van der Waals surface area contributed by atoms with E-state index in [2.05, 4.69) is 12.6 Å². The molecule has 0 saturated heterocycles. The normalized spacial score (nSPS) is 10.8. The van der Waals surface area contributed by atoms with Crippen molar-refractivity contribution in [2.75, 3.05) is 5.75 Å². The number of thiol groups is 1. The largest absolute Gasteiger partial charge is 0.279 e. The lowest BCUT2D eigenvalue weighted by Crippen LogP contribution is -1.94. The van der Waals surface area contributed by atoms with Gasteiger partial charge < -0.3 is 0 Å². The molecule has 0 unspecified atom stereocenters. The average molecular weight is 223 g/mol. The Labute approximate surface area is 94.4 Å². The Morgan fingerprint density at radius 2 is 2.27 bits per heavy atom. The van der Waals surface area contributed by atoms with Gasteiger partial charge in [0, 0.05) is 5.56 Å². The fourth-order valence-electron chi connectivity index (χ4n) is 1.35. The molecule has 0 aliphatic rings. The summed E-state index contributed by atoms with van der Waals surface area (Å²) in [5, 5.41) is 10.8. The predicted octanol–water partition coefficient (Wildman–Crippen LogP) is 3.24. The van der Waals surface area contributed by atoms with Crippen LogP contribution in [0.25, 0.3) is 6.08 Å². The third kappa shape index (κ3) is 3.09. The summed E-state index contributed by atoms with van der Waals surface area (Å²) in [4.78, 5) is 10.5. The van der Waals surface area contributed by atoms with Crippen LogP contribution in [-0.4, -0.2) is 10.7 Å². The third-order valence-electron chi connectivity index (χ3n) is 2.04. The van der Waals surface area contributed by atoms with Crippen LogP contribution in [-0.2, 0) is 0 Å². The lowest BCUT2D eigenvalue weighted by molar-refractivity contribution is -0.385. The maximum absolute atomic E-state index is 10.8. The number of nitrogens with zero attached hydrogens (tertiary/aromatic N) is 1. The molecule has 0 radical (unpaired) electrons. The van der Waals surface area contributed by atoms with E-state index in [4.69, 9.17) is 0 Å². The van der Waals surface area contributed by atoms with Crippen molar-refractivity contribution in [3.05, 3.63) is 45.5 Å². The first-order valence-electron chi connectivity index (χ1n) is 4.68. The minimum Gasteiger partial charge on any atom is -0.258 e. The number of nitro benzene ring substituents is 1. The highest BCUT2D eigenvalue weighted by molar-refractivity contribution is 7.80. The molecule has 3 nitrogen and oxygen atoms in total. The van der Waals surface area contributed by atoms with Crippen LogP contribution in [0.4, 0.5) is 5.69 Å². The molecule has 0 spiro atoms. The number of benzene rings is 1. The number of aryl methyl sites for hydroxylation is 1. The summed E-state index contributed by atoms with van der Waals surface area (Å²) in [6.45, 7) is 1.74. The molecule has 1 aromatic carbocycles. The fraction of sp³-hybridized carbons (Fsp3) is 0.273. The van der Waals surface area contributed by atoms with Crippen molar-refractivity contribution in [1.82, 2.24) is 0 Å². The summed E-state index contributed by atoms with van der Waals surface area (Å²) in [7, 11) is 0. The summed E-state index contributed by atoms with van der Waals surface area (Å²) in [6, 6.07) is 5.32. The van der Waals surface area contributed by atoms with E-state index in [1.54, 1.807) is 25.1 Å². The van der Waals surface area contributed by atoms with Gasteiger partial charge in [0.2, 0.25) is 0 Å². The van der Waals surface area contributed by atoms with E-state index in [0.717, 1.165) is 12.2 Å². The molecule has 0 atom stereocenters. The summed E-state index contributed by atoms with van der Waals surface area (Å²) < 4.78 is 0. The van der Waals surface area contributed by atoms with Crippen LogP contribution < -0.4 is 0 Å². The summed E-state index contributed by atoms with van der Waals surface area (Å²) in [6.07, 6.45) is 4.49. The van der Waals surface area contributed by atoms with Gasteiger partial charge in [0.25, 0.3) is 5.69 Å². The van der Waals surface area contributed by atoms with Gasteiger partial charge in [-0.05, 0) is 25.2 Å². The number of nitro groups is 1. The van der Waals surface area contributed by atoms with Crippen molar-refractivity contribution in [1.29, 1.82) is 0 Å². The zero-order valence-electron chi connectivity index (χ0n) is 8.51.